The first kappa shape index (κ1) is 26.9. The van der Waals surface area contributed by atoms with Crippen LogP contribution >= 0.6 is 22.9 Å². The Kier molecular flexibility index (Phi) is 8.00. The molecule has 1 aliphatic rings. The first-order chi connectivity index (χ1) is 18.8. The zero-order chi connectivity index (χ0) is 27.5. The molecule has 0 unspecified atom stereocenters. The molecule has 0 atom stereocenters. The number of halogens is 1. The monoisotopic (exact) mass is 559 g/mol. The molecule has 8 heteroatoms. The van der Waals surface area contributed by atoms with Gasteiger partial charge in [-0.25, -0.2) is 4.98 Å². The van der Waals surface area contributed by atoms with Crippen molar-refractivity contribution >= 4 is 45.6 Å². The molecule has 0 saturated heterocycles. The molecule has 0 spiro atoms. The van der Waals surface area contributed by atoms with Crippen LogP contribution in [0.15, 0.2) is 60.7 Å². The summed E-state index contributed by atoms with van der Waals surface area (Å²) in [5.74, 6) is -1.22. The van der Waals surface area contributed by atoms with E-state index in [2.05, 4.69) is 41.4 Å². The zero-order valence-corrected chi connectivity index (χ0v) is 23.5. The molecule has 0 saturated carbocycles. The normalized spacial score (nSPS) is 12.3. The Hall–Kier alpha value is -3.68. The van der Waals surface area contributed by atoms with Gasteiger partial charge < -0.3 is 15.3 Å². The van der Waals surface area contributed by atoms with Crippen LogP contribution in [0.3, 0.4) is 0 Å². The summed E-state index contributed by atoms with van der Waals surface area (Å²) in [4.78, 5) is 31.6. The number of rotatable bonds is 9. The van der Waals surface area contributed by atoms with Gasteiger partial charge in [-0.15, -0.1) is 11.3 Å². The van der Waals surface area contributed by atoms with Crippen LogP contribution in [-0.2, 0) is 24.2 Å². The molecular formula is C31H30ClN3O3S. The number of thiazole rings is 1. The van der Waals surface area contributed by atoms with E-state index in [9.17, 15) is 9.59 Å². The average molecular weight is 560 g/mol. The first-order valence-corrected chi connectivity index (χ1v) is 14.2. The lowest BCUT2D eigenvalue weighted by Crippen LogP contribution is -2.26. The fourth-order valence-electron chi connectivity index (χ4n) is 4.83. The number of carbonyl (C=O) groups is 2. The highest BCUT2D eigenvalue weighted by molar-refractivity contribution is 7.16. The fraction of sp³-hybridized carbons (Fsp3) is 0.258. The van der Waals surface area contributed by atoms with Crippen LogP contribution in [0.2, 0.25) is 5.02 Å². The van der Waals surface area contributed by atoms with Gasteiger partial charge >= 0.3 is 5.97 Å². The highest BCUT2D eigenvalue weighted by Crippen LogP contribution is 2.39. The highest BCUT2D eigenvalue weighted by Gasteiger charge is 2.20. The van der Waals surface area contributed by atoms with Crippen LogP contribution in [0.25, 0.3) is 11.3 Å². The lowest BCUT2D eigenvalue weighted by Gasteiger charge is -2.23. The molecule has 1 aliphatic carbocycles. The van der Waals surface area contributed by atoms with Crippen molar-refractivity contribution in [1.29, 1.82) is 0 Å². The van der Waals surface area contributed by atoms with Crippen molar-refractivity contribution in [3.8, 4) is 11.3 Å². The van der Waals surface area contributed by atoms with Crippen LogP contribution in [-0.4, -0.2) is 28.5 Å². The first-order valence-electron chi connectivity index (χ1n) is 13.0. The van der Waals surface area contributed by atoms with Crippen molar-refractivity contribution in [2.45, 2.75) is 46.1 Å². The second kappa shape index (κ2) is 11.6. The molecule has 200 valence electrons. The van der Waals surface area contributed by atoms with Crippen molar-refractivity contribution in [1.82, 2.24) is 10.3 Å². The molecule has 2 N–H and O–H groups in total. The molecule has 1 heterocycles. The van der Waals surface area contributed by atoms with Crippen molar-refractivity contribution in [2.24, 2.45) is 0 Å². The molecule has 1 aromatic heterocycles. The van der Waals surface area contributed by atoms with Gasteiger partial charge in [0.15, 0.2) is 5.13 Å². The molecule has 0 fully saturated rings. The maximum absolute atomic E-state index is 12.4. The van der Waals surface area contributed by atoms with Gasteiger partial charge in [-0.1, -0.05) is 41.9 Å². The highest BCUT2D eigenvalue weighted by atomic mass is 35.5. The molecule has 0 aliphatic heterocycles. The second-order valence-electron chi connectivity index (χ2n) is 9.85. The largest absolute Gasteiger partial charge is 0.481 e. The summed E-state index contributed by atoms with van der Waals surface area (Å²) in [6.07, 6.45) is 3.29. The van der Waals surface area contributed by atoms with Crippen LogP contribution in [0.1, 0.15) is 50.3 Å². The van der Waals surface area contributed by atoms with Gasteiger partial charge in [0.05, 0.1) is 18.7 Å². The third-order valence-corrected chi connectivity index (χ3v) is 8.44. The summed E-state index contributed by atoms with van der Waals surface area (Å²) < 4.78 is 0. The minimum Gasteiger partial charge on any atom is -0.481 e. The van der Waals surface area contributed by atoms with Crippen molar-refractivity contribution in [3.05, 3.63) is 98.4 Å². The fourth-order valence-corrected chi connectivity index (χ4v) is 5.96. The van der Waals surface area contributed by atoms with E-state index in [1.165, 1.54) is 17.5 Å². The average Bonchev–Trinajstić information content (AvgIpc) is 3.55. The molecule has 39 heavy (non-hydrogen) atoms. The van der Waals surface area contributed by atoms with Gasteiger partial charge in [0.25, 0.3) is 5.91 Å². The molecule has 0 radical (unpaired) electrons. The van der Waals surface area contributed by atoms with E-state index >= 15 is 0 Å². The number of aryl methyl sites for hydroxylation is 4. The predicted octanol–water partition coefficient (Wildman–Crippen LogP) is 7.11. The zero-order valence-electron chi connectivity index (χ0n) is 22.0. The number of anilines is 2. The van der Waals surface area contributed by atoms with E-state index in [1.807, 2.05) is 31.2 Å². The minimum absolute atomic E-state index is 0.0972. The second-order valence-corrected chi connectivity index (χ2v) is 11.4. The summed E-state index contributed by atoms with van der Waals surface area (Å²) in [5.41, 5.74) is 8.39. The van der Waals surface area contributed by atoms with Gasteiger partial charge in [0, 0.05) is 33.3 Å². The van der Waals surface area contributed by atoms with E-state index < -0.39 is 5.97 Å². The topological polar surface area (TPSA) is 82.5 Å². The third kappa shape index (κ3) is 6.15. The molecule has 6 nitrogen and oxygen atoms in total. The number of nitrogens with zero attached hydrogens (tertiary/aromatic N) is 2. The van der Waals surface area contributed by atoms with Gasteiger partial charge in [0.1, 0.15) is 0 Å². The lowest BCUT2D eigenvalue weighted by molar-refractivity contribution is -0.136. The number of nitrogens with one attached hydrogen (secondary N) is 1. The van der Waals surface area contributed by atoms with Gasteiger partial charge in [0.2, 0.25) is 0 Å². The van der Waals surface area contributed by atoms with Crippen molar-refractivity contribution in [2.75, 3.05) is 11.4 Å². The van der Waals surface area contributed by atoms with Crippen LogP contribution < -0.4 is 10.2 Å². The maximum atomic E-state index is 12.4. The number of carboxylic acids is 1. The van der Waals surface area contributed by atoms with Crippen LogP contribution in [0, 0.1) is 13.8 Å². The summed E-state index contributed by atoms with van der Waals surface area (Å²) in [7, 11) is 0. The summed E-state index contributed by atoms with van der Waals surface area (Å²) in [6, 6.07) is 20.2. The minimum atomic E-state index is -0.941. The number of aromatic nitrogens is 1. The summed E-state index contributed by atoms with van der Waals surface area (Å²) >= 11 is 8.08. The third-order valence-electron chi connectivity index (χ3n) is 7.04. The standard InChI is InChI=1S/C31H30ClN3O3S/c1-19-6-9-25(17-27(19)32)29-20(2)39-31(34-29)35(26-13-12-22-4-3-5-24(22)16-26)18-21-7-10-23(11-8-21)30(38)33-15-14-28(36)37/h6-13,16-17H,3-5,14-15,18H2,1-2H3,(H,33,38)(H,36,37). The Morgan fingerprint density at radius 1 is 1.03 bits per heavy atom. The lowest BCUT2D eigenvalue weighted by atomic mass is 10.1. The Morgan fingerprint density at radius 2 is 1.79 bits per heavy atom. The Balaban J connectivity index is 1.44. The van der Waals surface area contributed by atoms with E-state index in [-0.39, 0.29) is 18.9 Å². The van der Waals surface area contributed by atoms with Gasteiger partial charge in [-0.3, -0.25) is 9.59 Å². The number of fused-ring (bicyclic) bond motifs is 1. The van der Waals surface area contributed by atoms with Crippen LogP contribution in [0.5, 0.6) is 0 Å². The number of hydrogen-bond donors (Lipinski definition) is 2. The molecule has 3 aromatic carbocycles. The predicted molar refractivity (Wildman–Crippen MR) is 157 cm³/mol. The molecular weight excluding hydrogens is 530 g/mol. The van der Waals surface area contributed by atoms with E-state index in [0.29, 0.717) is 12.1 Å². The van der Waals surface area contributed by atoms with E-state index in [0.717, 1.165) is 55.9 Å². The Morgan fingerprint density at radius 3 is 2.54 bits per heavy atom. The number of carbonyl (C=O) groups excluding carboxylic acids is 1. The summed E-state index contributed by atoms with van der Waals surface area (Å²) in [6.45, 7) is 4.76. The number of amides is 1. The van der Waals surface area contributed by atoms with Crippen LogP contribution in [0.4, 0.5) is 10.8 Å². The number of carboxylic acid groups (broad SMARTS) is 1. The molecule has 1 amide bonds. The number of aliphatic carboxylic acids is 1. The van der Waals surface area contributed by atoms with E-state index in [4.69, 9.17) is 21.7 Å². The quantitative estimate of drug-likeness (QED) is 0.228. The number of hydrogen-bond acceptors (Lipinski definition) is 5. The number of benzene rings is 3. The summed E-state index contributed by atoms with van der Waals surface area (Å²) in [5, 5.41) is 13.1. The maximum Gasteiger partial charge on any atom is 0.305 e. The molecule has 0 bridgehead atoms. The SMILES string of the molecule is Cc1ccc(-c2nc(N(Cc3ccc(C(=O)NCCC(=O)O)cc3)c3ccc4c(c3)CCC4)sc2C)cc1Cl. The Labute approximate surface area is 237 Å². The molecule has 4 aromatic rings. The Bertz CT molecular complexity index is 1530. The van der Waals surface area contributed by atoms with E-state index in [1.54, 1.807) is 23.5 Å². The van der Waals surface area contributed by atoms with Gasteiger partial charge in [-0.05, 0) is 85.7 Å². The van der Waals surface area contributed by atoms with Crippen molar-refractivity contribution in [3.63, 3.8) is 0 Å². The molecule has 5 rings (SSSR count). The van der Waals surface area contributed by atoms with Crippen molar-refractivity contribution < 1.29 is 14.7 Å². The van der Waals surface area contributed by atoms with Gasteiger partial charge in [-0.2, -0.15) is 0 Å². The smallest absolute Gasteiger partial charge is 0.305 e.